The number of fused-ring (bicyclic) bond motifs is 2. The maximum atomic E-state index is 13.3. The molecule has 2 N–H and O–H groups in total. The third-order valence-corrected chi connectivity index (χ3v) is 8.49. The topological polar surface area (TPSA) is 122 Å². The molecule has 4 heterocycles. The van der Waals surface area contributed by atoms with E-state index in [-0.39, 0.29) is 30.0 Å². The van der Waals surface area contributed by atoms with Crippen LogP contribution in [0.5, 0.6) is 0 Å². The van der Waals surface area contributed by atoms with Gasteiger partial charge in [-0.3, -0.25) is 14.6 Å². The first-order chi connectivity index (χ1) is 16.8. The molecule has 8 nitrogen and oxygen atoms in total. The van der Waals surface area contributed by atoms with E-state index in [9.17, 15) is 19.8 Å². The predicted molar refractivity (Wildman–Crippen MR) is 133 cm³/mol. The maximum absolute atomic E-state index is 13.3. The van der Waals surface area contributed by atoms with Crippen molar-refractivity contribution in [2.45, 2.75) is 109 Å². The lowest BCUT2D eigenvalue weighted by Gasteiger charge is -2.34. The first-order valence-corrected chi connectivity index (χ1v) is 12.8. The fraction of sp³-hybridized carbons (Fsp3) is 0.679. The molecule has 198 valence electrons. The average molecular weight is 502 g/mol. The SMILES string of the molecule is CC(=Cc1ccccn1)[C@@H]1C[C@@H]2O[C@]2(C)CCC2OC2(C)[C@H](O)[C@@H](C)C(=O)C(C)(C)[C@@H](O)CC(=O)O1. The third kappa shape index (κ3) is 5.28. The van der Waals surface area contributed by atoms with Gasteiger partial charge >= 0.3 is 5.97 Å². The lowest BCUT2D eigenvalue weighted by molar-refractivity contribution is -0.154. The summed E-state index contributed by atoms with van der Waals surface area (Å²) in [6.45, 7) is 10.6. The van der Waals surface area contributed by atoms with Gasteiger partial charge in [0.05, 0.1) is 47.5 Å². The lowest BCUT2D eigenvalue weighted by atomic mass is 9.72. The van der Waals surface area contributed by atoms with Gasteiger partial charge in [0.15, 0.2) is 0 Å². The number of aliphatic hydroxyl groups is 2. The summed E-state index contributed by atoms with van der Waals surface area (Å²) in [6.07, 6.45) is 1.98. The number of ether oxygens (including phenoxy) is 3. The molecule has 1 aromatic rings. The van der Waals surface area contributed by atoms with Gasteiger partial charge in [0.25, 0.3) is 0 Å². The van der Waals surface area contributed by atoms with Crippen molar-refractivity contribution in [3.63, 3.8) is 0 Å². The Morgan fingerprint density at radius 1 is 1.11 bits per heavy atom. The maximum Gasteiger partial charge on any atom is 0.309 e. The van der Waals surface area contributed by atoms with Crippen molar-refractivity contribution in [2.75, 3.05) is 0 Å². The molecule has 0 saturated carbocycles. The van der Waals surface area contributed by atoms with Crippen molar-refractivity contribution in [3.05, 3.63) is 35.7 Å². The number of aliphatic hydroxyl groups excluding tert-OH is 2. The summed E-state index contributed by atoms with van der Waals surface area (Å²) in [4.78, 5) is 30.6. The number of carbonyl (C=O) groups is 2. The van der Waals surface area contributed by atoms with Gasteiger partial charge in [-0.15, -0.1) is 0 Å². The van der Waals surface area contributed by atoms with Gasteiger partial charge in [0.2, 0.25) is 0 Å². The molecule has 3 aliphatic rings. The number of cyclic esters (lactones) is 1. The van der Waals surface area contributed by atoms with Gasteiger partial charge in [-0.05, 0) is 57.4 Å². The Labute approximate surface area is 213 Å². The van der Waals surface area contributed by atoms with Crippen molar-refractivity contribution in [1.82, 2.24) is 4.98 Å². The Morgan fingerprint density at radius 2 is 1.83 bits per heavy atom. The molecule has 8 heteroatoms. The minimum atomic E-state index is -1.27. The molecule has 3 fully saturated rings. The van der Waals surface area contributed by atoms with Crippen LogP contribution >= 0.6 is 0 Å². The lowest BCUT2D eigenvalue weighted by Crippen LogP contribution is -2.48. The van der Waals surface area contributed by atoms with Crippen LogP contribution in [0.3, 0.4) is 0 Å². The summed E-state index contributed by atoms with van der Waals surface area (Å²) < 4.78 is 17.8. The van der Waals surface area contributed by atoms with Crippen LogP contribution < -0.4 is 0 Å². The van der Waals surface area contributed by atoms with E-state index in [4.69, 9.17) is 14.2 Å². The smallest absolute Gasteiger partial charge is 0.309 e. The van der Waals surface area contributed by atoms with Crippen LogP contribution in [0.4, 0.5) is 0 Å². The molecule has 3 saturated heterocycles. The minimum absolute atomic E-state index is 0.105. The molecule has 3 aliphatic heterocycles. The van der Waals surface area contributed by atoms with E-state index < -0.39 is 41.2 Å². The second-order valence-corrected chi connectivity index (χ2v) is 11.6. The van der Waals surface area contributed by atoms with Crippen molar-refractivity contribution < 1.29 is 34.0 Å². The Morgan fingerprint density at radius 3 is 2.50 bits per heavy atom. The second kappa shape index (κ2) is 9.63. The summed E-state index contributed by atoms with van der Waals surface area (Å²) in [5.74, 6) is -1.69. The Hall–Kier alpha value is -2.13. The highest BCUT2D eigenvalue weighted by Gasteiger charge is 2.62. The Kier molecular flexibility index (Phi) is 7.20. The van der Waals surface area contributed by atoms with Crippen LogP contribution in [0.25, 0.3) is 6.08 Å². The quantitative estimate of drug-likeness (QED) is 0.468. The number of Topliss-reactive ketones (excluding diaryl/α,β-unsaturated/α-hetero) is 1. The van der Waals surface area contributed by atoms with E-state index in [0.717, 1.165) is 17.7 Å². The van der Waals surface area contributed by atoms with Crippen LogP contribution in [-0.2, 0) is 23.8 Å². The monoisotopic (exact) mass is 501 g/mol. The van der Waals surface area contributed by atoms with E-state index in [1.54, 1.807) is 27.0 Å². The van der Waals surface area contributed by atoms with E-state index in [2.05, 4.69) is 4.98 Å². The number of pyridine rings is 1. The first-order valence-electron chi connectivity index (χ1n) is 12.8. The molecule has 0 radical (unpaired) electrons. The highest BCUT2D eigenvalue weighted by Crippen LogP contribution is 2.50. The molecular formula is C28H39NO7. The molecule has 36 heavy (non-hydrogen) atoms. The van der Waals surface area contributed by atoms with Gasteiger partial charge in [-0.2, -0.15) is 0 Å². The zero-order valence-corrected chi connectivity index (χ0v) is 22.1. The third-order valence-electron chi connectivity index (χ3n) is 8.49. The molecule has 8 atom stereocenters. The van der Waals surface area contributed by atoms with Crippen LogP contribution in [0.1, 0.15) is 72.9 Å². The molecule has 0 aliphatic carbocycles. The van der Waals surface area contributed by atoms with Crippen LogP contribution in [-0.4, -0.2) is 68.7 Å². The first kappa shape index (κ1) is 26.9. The van der Waals surface area contributed by atoms with Gasteiger partial charge in [-0.25, -0.2) is 0 Å². The number of hydrogen-bond acceptors (Lipinski definition) is 8. The summed E-state index contributed by atoms with van der Waals surface area (Å²) in [6, 6.07) is 5.60. The van der Waals surface area contributed by atoms with Crippen LogP contribution in [0, 0.1) is 11.3 Å². The number of epoxide rings is 2. The summed E-state index contributed by atoms with van der Waals surface area (Å²) in [7, 11) is 0. The minimum Gasteiger partial charge on any atom is -0.458 e. The molecule has 0 amide bonds. The normalized spacial score (nSPS) is 41.6. The van der Waals surface area contributed by atoms with E-state index >= 15 is 0 Å². The van der Waals surface area contributed by atoms with Gasteiger partial charge in [0, 0.05) is 18.5 Å². The number of esters is 1. The second-order valence-electron chi connectivity index (χ2n) is 11.6. The largest absolute Gasteiger partial charge is 0.458 e. The number of carbonyl (C=O) groups excluding carboxylic acids is 2. The molecule has 1 aromatic heterocycles. The number of hydrogen-bond donors (Lipinski definition) is 2. The van der Waals surface area contributed by atoms with E-state index in [1.165, 1.54) is 0 Å². The van der Waals surface area contributed by atoms with Gasteiger partial charge < -0.3 is 24.4 Å². The predicted octanol–water partition coefficient (Wildman–Crippen LogP) is 3.24. The highest BCUT2D eigenvalue weighted by atomic mass is 16.6. The molecule has 0 bridgehead atoms. The standard InChI is InChI=1S/C28H39NO7/c1-16(13-18-9-7-8-12-29-18)19-14-22-27(5,35-22)11-10-21-28(6,36-21)25(33)17(2)24(32)26(3,4)20(30)15-23(31)34-19/h7-9,12-13,17,19-22,25,30,33H,10-11,14-15H2,1-6H3/t17-,19-,20-,21?,22-,25+,27+,28?/m0/s1. The zero-order chi connectivity index (χ0) is 26.5. The van der Waals surface area contributed by atoms with Crippen molar-refractivity contribution in [2.24, 2.45) is 11.3 Å². The zero-order valence-electron chi connectivity index (χ0n) is 22.1. The van der Waals surface area contributed by atoms with Gasteiger partial charge in [0.1, 0.15) is 17.5 Å². The summed E-state index contributed by atoms with van der Waals surface area (Å²) >= 11 is 0. The number of ketones is 1. The number of aromatic nitrogens is 1. The van der Waals surface area contributed by atoms with Crippen molar-refractivity contribution in [1.29, 1.82) is 0 Å². The van der Waals surface area contributed by atoms with E-state index in [0.29, 0.717) is 12.8 Å². The fourth-order valence-electron chi connectivity index (χ4n) is 5.42. The highest BCUT2D eigenvalue weighted by molar-refractivity contribution is 5.88. The van der Waals surface area contributed by atoms with Gasteiger partial charge in [-0.1, -0.05) is 26.8 Å². The Bertz CT molecular complexity index is 1020. The fourth-order valence-corrected chi connectivity index (χ4v) is 5.42. The van der Waals surface area contributed by atoms with E-state index in [1.807, 2.05) is 45.0 Å². The summed E-state index contributed by atoms with van der Waals surface area (Å²) in [5, 5.41) is 21.9. The van der Waals surface area contributed by atoms with Crippen LogP contribution in [0.15, 0.2) is 30.0 Å². The molecule has 4 rings (SSSR count). The average Bonchev–Trinajstić information content (AvgIpc) is 3.70. The molecule has 2 unspecified atom stereocenters. The number of nitrogens with zero attached hydrogens (tertiary/aromatic N) is 1. The summed E-state index contributed by atoms with van der Waals surface area (Å²) in [5.41, 5.74) is -0.891. The van der Waals surface area contributed by atoms with Crippen molar-refractivity contribution in [3.8, 4) is 0 Å². The molecule has 0 spiro atoms. The molecular weight excluding hydrogens is 462 g/mol. The van der Waals surface area contributed by atoms with Crippen LogP contribution in [0.2, 0.25) is 0 Å². The number of rotatable bonds is 2. The van der Waals surface area contributed by atoms with Crippen molar-refractivity contribution >= 4 is 17.8 Å². The molecule has 0 aromatic carbocycles. The Balaban J connectivity index is 1.59.